The summed E-state index contributed by atoms with van der Waals surface area (Å²) < 4.78 is 11.1. The van der Waals surface area contributed by atoms with Crippen LogP contribution in [0.15, 0.2) is 24.3 Å². The summed E-state index contributed by atoms with van der Waals surface area (Å²) in [4.78, 5) is 11.9. The summed E-state index contributed by atoms with van der Waals surface area (Å²) in [5, 5.41) is 2.86. The Morgan fingerprint density at radius 3 is 2.55 bits per heavy atom. The van der Waals surface area contributed by atoms with E-state index in [-0.39, 0.29) is 17.9 Å². The van der Waals surface area contributed by atoms with Gasteiger partial charge in [0.05, 0.1) is 12.5 Å². The highest BCUT2D eigenvalue weighted by atomic mass is 16.5. The van der Waals surface area contributed by atoms with Gasteiger partial charge in [-0.15, -0.1) is 0 Å². The van der Waals surface area contributed by atoms with Crippen LogP contribution in [0.25, 0.3) is 0 Å². The van der Waals surface area contributed by atoms with E-state index >= 15 is 0 Å². The third kappa shape index (κ3) is 5.00. The average Bonchev–Trinajstić information content (AvgIpc) is 2.54. The smallest absolute Gasteiger partial charge is 0.228 e. The minimum atomic E-state index is -0.218. The maximum absolute atomic E-state index is 11.9. The first-order valence-electron chi connectivity index (χ1n) is 7.93. The fraction of sp³-hybridized carbons (Fsp3) is 0.588. The average molecular weight is 306 g/mol. The van der Waals surface area contributed by atoms with Crippen LogP contribution in [0, 0.1) is 11.8 Å². The molecule has 1 heterocycles. The van der Waals surface area contributed by atoms with E-state index in [1.54, 1.807) is 0 Å². The molecule has 0 aromatic heterocycles. The maximum Gasteiger partial charge on any atom is 0.228 e. The van der Waals surface area contributed by atoms with Gasteiger partial charge in [-0.05, 0) is 49.9 Å². The van der Waals surface area contributed by atoms with Gasteiger partial charge in [0.25, 0.3) is 0 Å². The molecule has 1 fully saturated rings. The van der Waals surface area contributed by atoms with Crippen molar-refractivity contribution >= 4 is 11.6 Å². The minimum Gasteiger partial charge on any atom is -0.493 e. The van der Waals surface area contributed by atoms with Gasteiger partial charge in [-0.25, -0.2) is 0 Å². The zero-order valence-electron chi connectivity index (χ0n) is 13.4. The van der Waals surface area contributed by atoms with E-state index in [1.165, 1.54) is 0 Å². The van der Waals surface area contributed by atoms with Gasteiger partial charge < -0.3 is 20.5 Å². The predicted molar refractivity (Wildman–Crippen MR) is 86.9 cm³/mol. The van der Waals surface area contributed by atoms with Crippen molar-refractivity contribution in [3.63, 3.8) is 0 Å². The maximum atomic E-state index is 11.9. The molecule has 1 aliphatic heterocycles. The van der Waals surface area contributed by atoms with Crippen LogP contribution >= 0.6 is 0 Å². The van der Waals surface area contributed by atoms with Gasteiger partial charge in [-0.2, -0.15) is 0 Å². The highest BCUT2D eigenvalue weighted by Crippen LogP contribution is 2.20. The first kappa shape index (κ1) is 16.8. The van der Waals surface area contributed by atoms with E-state index in [9.17, 15) is 4.79 Å². The molecule has 0 saturated carbocycles. The quantitative estimate of drug-likeness (QED) is 0.846. The second-order valence-corrected chi connectivity index (χ2v) is 6.03. The van der Waals surface area contributed by atoms with Gasteiger partial charge in [-0.3, -0.25) is 4.79 Å². The zero-order valence-corrected chi connectivity index (χ0v) is 13.4. The third-order valence-electron chi connectivity index (χ3n) is 4.15. The molecule has 3 N–H and O–H groups in total. The lowest BCUT2D eigenvalue weighted by atomic mass is 10.0. The second kappa shape index (κ2) is 8.15. The summed E-state index contributed by atoms with van der Waals surface area (Å²) in [6.45, 7) is 6.03. The number of nitrogens with two attached hydrogens (primary N) is 1. The summed E-state index contributed by atoms with van der Waals surface area (Å²) in [6.07, 6.45) is 2.12. The number of hydrogen-bond acceptors (Lipinski definition) is 4. The van der Waals surface area contributed by atoms with E-state index < -0.39 is 0 Å². The monoisotopic (exact) mass is 306 g/mol. The van der Waals surface area contributed by atoms with Crippen molar-refractivity contribution in [1.82, 2.24) is 0 Å². The number of amides is 1. The molecule has 1 saturated heterocycles. The molecular formula is C17H26N2O3. The van der Waals surface area contributed by atoms with Gasteiger partial charge in [0.15, 0.2) is 0 Å². The Kier molecular flexibility index (Phi) is 6.21. The third-order valence-corrected chi connectivity index (χ3v) is 4.15. The highest BCUT2D eigenvalue weighted by Gasteiger charge is 2.17. The lowest BCUT2D eigenvalue weighted by molar-refractivity contribution is -0.119. The Morgan fingerprint density at radius 1 is 1.32 bits per heavy atom. The first-order chi connectivity index (χ1) is 10.6. The van der Waals surface area contributed by atoms with Gasteiger partial charge in [0, 0.05) is 24.9 Å². The summed E-state index contributed by atoms with van der Waals surface area (Å²) in [5.41, 5.74) is 6.50. The molecule has 1 amide bonds. The number of nitrogens with one attached hydrogen (secondary N) is 1. The van der Waals surface area contributed by atoms with Crippen LogP contribution in [0.1, 0.15) is 26.7 Å². The lowest BCUT2D eigenvalue weighted by Crippen LogP contribution is -2.34. The van der Waals surface area contributed by atoms with E-state index in [0.717, 1.165) is 44.1 Å². The van der Waals surface area contributed by atoms with Crippen LogP contribution in [0.3, 0.4) is 0 Å². The Hall–Kier alpha value is -1.59. The highest BCUT2D eigenvalue weighted by molar-refractivity contribution is 5.92. The molecular weight excluding hydrogens is 280 g/mol. The van der Waals surface area contributed by atoms with E-state index in [1.807, 2.05) is 38.1 Å². The van der Waals surface area contributed by atoms with Crippen LogP contribution < -0.4 is 15.8 Å². The molecule has 0 radical (unpaired) electrons. The fourth-order valence-electron chi connectivity index (χ4n) is 2.26. The van der Waals surface area contributed by atoms with Crippen molar-refractivity contribution in [1.29, 1.82) is 0 Å². The molecule has 2 rings (SSSR count). The number of rotatable bonds is 6. The molecule has 5 heteroatoms. The van der Waals surface area contributed by atoms with Gasteiger partial charge in [0.2, 0.25) is 5.91 Å². The number of ether oxygens (including phenoxy) is 2. The molecule has 5 nitrogen and oxygen atoms in total. The lowest BCUT2D eigenvalue weighted by Gasteiger charge is -2.22. The number of carbonyl (C=O) groups is 1. The van der Waals surface area contributed by atoms with Crippen LogP contribution in [-0.4, -0.2) is 31.8 Å². The Bertz CT molecular complexity index is 467. The molecule has 1 aliphatic rings. The van der Waals surface area contributed by atoms with Crippen molar-refractivity contribution in [3.05, 3.63) is 24.3 Å². The molecule has 2 atom stereocenters. The van der Waals surface area contributed by atoms with Crippen LogP contribution in [-0.2, 0) is 9.53 Å². The molecule has 0 spiro atoms. The van der Waals surface area contributed by atoms with Crippen molar-refractivity contribution < 1.29 is 14.3 Å². The molecule has 122 valence electrons. The molecule has 0 bridgehead atoms. The zero-order chi connectivity index (χ0) is 15.9. The standard InChI is InChI=1S/C17H26N2O3/c1-12(13(2)18)17(20)19-15-3-5-16(6-4-15)22-11-14-7-9-21-10-8-14/h3-6,12-14H,7-11,18H2,1-2H3,(H,19,20). The van der Waals surface area contributed by atoms with Crippen molar-refractivity contribution in [2.24, 2.45) is 17.6 Å². The molecule has 22 heavy (non-hydrogen) atoms. The predicted octanol–water partition coefficient (Wildman–Crippen LogP) is 2.41. The molecule has 1 aromatic rings. The van der Waals surface area contributed by atoms with Gasteiger partial charge >= 0.3 is 0 Å². The SMILES string of the molecule is CC(N)C(C)C(=O)Nc1ccc(OCC2CCOCC2)cc1. The van der Waals surface area contributed by atoms with E-state index in [4.69, 9.17) is 15.2 Å². The summed E-state index contributed by atoms with van der Waals surface area (Å²) in [7, 11) is 0. The van der Waals surface area contributed by atoms with E-state index in [2.05, 4.69) is 5.32 Å². The van der Waals surface area contributed by atoms with Gasteiger partial charge in [0.1, 0.15) is 5.75 Å². The summed E-state index contributed by atoms with van der Waals surface area (Å²) >= 11 is 0. The van der Waals surface area contributed by atoms with Crippen LogP contribution in [0.5, 0.6) is 5.75 Å². The largest absolute Gasteiger partial charge is 0.493 e. The van der Waals surface area contributed by atoms with Crippen LogP contribution in [0.4, 0.5) is 5.69 Å². The van der Waals surface area contributed by atoms with Gasteiger partial charge in [-0.1, -0.05) is 6.92 Å². The Balaban J connectivity index is 1.80. The molecule has 0 aliphatic carbocycles. The topological polar surface area (TPSA) is 73.6 Å². The summed E-state index contributed by atoms with van der Waals surface area (Å²) in [6, 6.07) is 7.30. The van der Waals surface area contributed by atoms with Crippen molar-refractivity contribution in [2.45, 2.75) is 32.7 Å². The second-order valence-electron chi connectivity index (χ2n) is 6.03. The van der Waals surface area contributed by atoms with Crippen molar-refractivity contribution in [3.8, 4) is 5.75 Å². The van der Waals surface area contributed by atoms with E-state index in [0.29, 0.717) is 5.92 Å². The number of anilines is 1. The Labute approximate surface area is 132 Å². The first-order valence-corrected chi connectivity index (χ1v) is 7.93. The van der Waals surface area contributed by atoms with Crippen LogP contribution in [0.2, 0.25) is 0 Å². The molecule has 2 unspecified atom stereocenters. The molecule has 1 aromatic carbocycles. The summed E-state index contributed by atoms with van der Waals surface area (Å²) in [5.74, 6) is 1.11. The fourth-order valence-corrected chi connectivity index (χ4v) is 2.26. The normalized spacial score (nSPS) is 18.5. The minimum absolute atomic E-state index is 0.0640. The Morgan fingerprint density at radius 2 is 1.95 bits per heavy atom. The number of hydrogen-bond donors (Lipinski definition) is 2. The van der Waals surface area contributed by atoms with Crippen molar-refractivity contribution in [2.75, 3.05) is 25.1 Å². The number of benzene rings is 1. The number of carbonyl (C=O) groups excluding carboxylic acids is 1.